The van der Waals surface area contributed by atoms with Gasteiger partial charge in [0.2, 0.25) is 6.29 Å². The summed E-state index contributed by atoms with van der Waals surface area (Å²) >= 11 is 0. The van der Waals surface area contributed by atoms with Gasteiger partial charge in [0.15, 0.2) is 5.78 Å². The smallest absolute Gasteiger partial charge is 0.217 e. The minimum atomic E-state index is -0.571. The summed E-state index contributed by atoms with van der Waals surface area (Å²) in [5, 5.41) is 0. The average Bonchev–Trinajstić information content (AvgIpc) is 2.05. The Morgan fingerprint density at radius 2 is 2.10 bits per heavy atom. The molecule has 1 rings (SSSR count). The van der Waals surface area contributed by atoms with E-state index in [1.165, 1.54) is 0 Å². The van der Waals surface area contributed by atoms with Crippen LogP contribution in [-0.4, -0.2) is 25.3 Å². The first-order valence-electron chi connectivity index (χ1n) is 3.60. The van der Waals surface area contributed by atoms with Crippen LogP contribution < -0.4 is 0 Å². The molecule has 0 amide bonds. The van der Waals surface area contributed by atoms with Crippen molar-refractivity contribution in [2.75, 3.05) is 13.2 Å². The summed E-state index contributed by atoms with van der Waals surface area (Å²) in [5.74, 6) is 0.0414. The van der Waals surface area contributed by atoms with Crippen molar-refractivity contribution in [3.05, 3.63) is 0 Å². The van der Waals surface area contributed by atoms with Gasteiger partial charge in [0.25, 0.3) is 0 Å². The van der Waals surface area contributed by atoms with E-state index in [-0.39, 0.29) is 5.78 Å². The van der Waals surface area contributed by atoms with E-state index in [1.807, 2.05) is 6.92 Å². The fourth-order valence-corrected chi connectivity index (χ4v) is 0.840. The van der Waals surface area contributed by atoms with Gasteiger partial charge in [-0.05, 0) is 6.42 Å². The Morgan fingerprint density at radius 1 is 1.50 bits per heavy atom. The number of carbonyl (C=O) groups excluding carboxylic acids is 1. The number of carbonyl (C=O) groups is 1. The lowest BCUT2D eigenvalue weighted by Gasteiger charge is -2.21. The van der Waals surface area contributed by atoms with Gasteiger partial charge in [0.1, 0.15) is 0 Å². The lowest BCUT2D eigenvalue weighted by atomic mass is 10.3. The Balaban J connectivity index is 2.31. The molecule has 3 heteroatoms. The van der Waals surface area contributed by atoms with Crippen LogP contribution in [-0.2, 0) is 14.3 Å². The molecular formula is C7H12O3. The minimum Gasteiger partial charge on any atom is -0.346 e. The molecular weight excluding hydrogens is 132 g/mol. The van der Waals surface area contributed by atoms with Gasteiger partial charge >= 0.3 is 0 Å². The molecule has 0 aromatic rings. The summed E-state index contributed by atoms with van der Waals surface area (Å²) in [6, 6.07) is 0. The van der Waals surface area contributed by atoms with Crippen molar-refractivity contribution in [1.82, 2.24) is 0 Å². The van der Waals surface area contributed by atoms with Crippen molar-refractivity contribution in [3.8, 4) is 0 Å². The quantitative estimate of drug-likeness (QED) is 0.573. The second-order valence-corrected chi connectivity index (χ2v) is 2.25. The van der Waals surface area contributed by atoms with E-state index in [1.54, 1.807) is 0 Å². The Hall–Kier alpha value is -0.410. The monoisotopic (exact) mass is 144 g/mol. The van der Waals surface area contributed by atoms with Gasteiger partial charge in [-0.15, -0.1) is 0 Å². The first kappa shape index (κ1) is 7.69. The molecule has 3 nitrogen and oxygen atoms in total. The number of ketones is 1. The van der Waals surface area contributed by atoms with Crippen LogP contribution in [0.25, 0.3) is 0 Å². The van der Waals surface area contributed by atoms with Crippen molar-refractivity contribution in [2.24, 2.45) is 0 Å². The second kappa shape index (κ2) is 3.68. The molecule has 0 saturated carbocycles. The number of rotatable bonds is 2. The van der Waals surface area contributed by atoms with E-state index < -0.39 is 6.29 Å². The molecule has 0 unspecified atom stereocenters. The van der Waals surface area contributed by atoms with Crippen molar-refractivity contribution >= 4 is 5.78 Å². The number of hydrogen-bond acceptors (Lipinski definition) is 3. The third kappa shape index (κ3) is 1.78. The predicted octanol–water partition coefficient (Wildman–Crippen LogP) is 0.728. The highest BCUT2D eigenvalue weighted by Crippen LogP contribution is 2.06. The third-order valence-corrected chi connectivity index (χ3v) is 1.44. The topological polar surface area (TPSA) is 35.5 Å². The van der Waals surface area contributed by atoms with Gasteiger partial charge in [0.05, 0.1) is 13.2 Å². The van der Waals surface area contributed by atoms with E-state index in [9.17, 15) is 4.79 Å². The first-order valence-corrected chi connectivity index (χ1v) is 3.60. The summed E-state index contributed by atoms with van der Waals surface area (Å²) < 4.78 is 10.1. The average molecular weight is 144 g/mol. The summed E-state index contributed by atoms with van der Waals surface area (Å²) in [6.07, 6.45) is 0.816. The molecule has 0 atom stereocenters. The molecule has 1 heterocycles. The number of Topliss-reactive ketones (excluding diaryl/α,β-unsaturated/α-hetero) is 1. The fraction of sp³-hybridized carbons (Fsp3) is 0.857. The molecule has 0 aliphatic carbocycles. The van der Waals surface area contributed by atoms with Crippen LogP contribution in [0, 0.1) is 0 Å². The summed E-state index contributed by atoms with van der Waals surface area (Å²) in [6.45, 7) is 3.11. The largest absolute Gasteiger partial charge is 0.346 e. The van der Waals surface area contributed by atoms with Crippen LogP contribution in [0.3, 0.4) is 0 Å². The maximum Gasteiger partial charge on any atom is 0.217 e. The molecule has 1 saturated heterocycles. The Bertz CT molecular complexity index is 116. The number of hydrogen-bond donors (Lipinski definition) is 0. The van der Waals surface area contributed by atoms with Gasteiger partial charge < -0.3 is 9.47 Å². The Labute approximate surface area is 60.3 Å². The maximum absolute atomic E-state index is 10.9. The van der Waals surface area contributed by atoms with E-state index in [0.717, 1.165) is 6.42 Å². The Morgan fingerprint density at radius 3 is 2.60 bits per heavy atom. The number of ether oxygens (including phenoxy) is 2. The molecule has 1 fully saturated rings. The second-order valence-electron chi connectivity index (χ2n) is 2.25. The van der Waals surface area contributed by atoms with Crippen molar-refractivity contribution in [1.29, 1.82) is 0 Å². The molecule has 1 aliphatic rings. The molecule has 58 valence electrons. The van der Waals surface area contributed by atoms with Crippen molar-refractivity contribution < 1.29 is 14.3 Å². The fourth-order valence-electron chi connectivity index (χ4n) is 0.840. The minimum absolute atomic E-state index is 0.0414. The zero-order chi connectivity index (χ0) is 7.40. The molecule has 0 bridgehead atoms. The first-order chi connectivity index (χ1) is 4.84. The summed E-state index contributed by atoms with van der Waals surface area (Å²) in [5.41, 5.74) is 0. The normalized spacial score (nSPS) is 20.9. The van der Waals surface area contributed by atoms with Crippen LogP contribution in [0.4, 0.5) is 0 Å². The highest BCUT2D eigenvalue weighted by Gasteiger charge is 2.20. The van der Waals surface area contributed by atoms with Gasteiger partial charge in [-0.2, -0.15) is 0 Å². The van der Waals surface area contributed by atoms with Gasteiger partial charge in [0, 0.05) is 6.42 Å². The standard InChI is InChI=1S/C7H12O3/c1-2-6(8)7-9-4-3-5-10-7/h7H,2-5H2,1H3. The van der Waals surface area contributed by atoms with E-state index >= 15 is 0 Å². The molecule has 0 radical (unpaired) electrons. The van der Waals surface area contributed by atoms with Gasteiger partial charge in [-0.25, -0.2) is 0 Å². The molecule has 10 heavy (non-hydrogen) atoms. The van der Waals surface area contributed by atoms with Crippen LogP contribution in [0.2, 0.25) is 0 Å². The summed E-state index contributed by atoms with van der Waals surface area (Å²) in [4.78, 5) is 10.9. The Kier molecular flexibility index (Phi) is 2.83. The van der Waals surface area contributed by atoms with E-state index in [4.69, 9.17) is 9.47 Å². The van der Waals surface area contributed by atoms with Crippen molar-refractivity contribution in [3.63, 3.8) is 0 Å². The van der Waals surface area contributed by atoms with Crippen LogP contribution in [0.5, 0.6) is 0 Å². The highest BCUT2D eigenvalue weighted by molar-refractivity contribution is 5.81. The third-order valence-electron chi connectivity index (χ3n) is 1.44. The zero-order valence-corrected chi connectivity index (χ0v) is 6.13. The highest BCUT2D eigenvalue weighted by atomic mass is 16.7. The lowest BCUT2D eigenvalue weighted by Crippen LogP contribution is -2.31. The molecule has 0 N–H and O–H groups in total. The summed E-state index contributed by atoms with van der Waals surface area (Å²) in [7, 11) is 0. The van der Waals surface area contributed by atoms with E-state index in [0.29, 0.717) is 19.6 Å². The van der Waals surface area contributed by atoms with Crippen LogP contribution in [0.1, 0.15) is 19.8 Å². The van der Waals surface area contributed by atoms with Crippen LogP contribution >= 0.6 is 0 Å². The van der Waals surface area contributed by atoms with Crippen LogP contribution in [0.15, 0.2) is 0 Å². The van der Waals surface area contributed by atoms with Crippen molar-refractivity contribution in [2.45, 2.75) is 26.1 Å². The van der Waals surface area contributed by atoms with Gasteiger partial charge in [-0.1, -0.05) is 6.92 Å². The van der Waals surface area contributed by atoms with Gasteiger partial charge in [-0.3, -0.25) is 4.79 Å². The predicted molar refractivity (Wildman–Crippen MR) is 35.6 cm³/mol. The SMILES string of the molecule is CCC(=O)C1OCCCO1. The van der Waals surface area contributed by atoms with E-state index in [2.05, 4.69) is 0 Å². The molecule has 0 aromatic carbocycles. The zero-order valence-electron chi connectivity index (χ0n) is 6.13. The maximum atomic E-state index is 10.9. The molecule has 1 aliphatic heterocycles. The molecule has 0 aromatic heterocycles. The molecule has 0 spiro atoms. The lowest BCUT2D eigenvalue weighted by molar-refractivity contribution is -0.188.